The molecule has 1 aromatic heterocycles. The first kappa shape index (κ1) is 16.3. The first-order valence-electron chi connectivity index (χ1n) is 7.23. The van der Waals surface area contributed by atoms with E-state index in [2.05, 4.69) is 32.2 Å². The van der Waals surface area contributed by atoms with Crippen molar-refractivity contribution in [2.45, 2.75) is 52.3 Å². The van der Waals surface area contributed by atoms with Gasteiger partial charge in [-0.15, -0.1) is 22.9 Å². The zero-order valence-corrected chi connectivity index (χ0v) is 14.5. The van der Waals surface area contributed by atoms with Crippen molar-refractivity contribution in [3.05, 3.63) is 16.0 Å². The molecular formula is C16H21ClN2OS. The van der Waals surface area contributed by atoms with Crippen molar-refractivity contribution in [2.75, 3.05) is 5.32 Å². The van der Waals surface area contributed by atoms with Crippen LogP contribution in [0.15, 0.2) is 0 Å². The molecule has 0 aliphatic heterocycles. The van der Waals surface area contributed by atoms with Gasteiger partial charge in [0.05, 0.1) is 5.56 Å². The molecule has 0 unspecified atom stereocenters. The summed E-state index contributed by atoms with van der Waals surface area (Å²) in [7, 11) is 0. The summed E-state index contributed by atoms with van der Waals surface area (Å²) >= 11 is 7.33. The van der Waals surface area contributed by atoms with Crippen LogP contribution < -0.4 is 5.32 Å². The molecule has 0 aromatic carbocycles. The van der Waals surface area contributed by atoms with E-state index in [0.29, 0.717) is 16.5 Å². The second kappa shape index (κ2) is 5.98. The molecule has 2 rings (SSSR count). The molecule has 1 heterocycles. The molecule has 1 aliphatic carbocycles. The average molecular weight is 325 g/mol. The molecule has 3 nitrogen and oxygen atoms in total. The van der Waals surface area contributed by atoms with Gasteiger partial charge in [-0.1, -0.05) is 20.8 Å². The number of amides is 1. The summed E-state index contributed by atoms with van der Waals surface area (Å²) in [5.74, 6) is 0.366. The van der Waals surface area contributed by atoms with Crippen LogP contribution in [0.5, 0.6) is 0 Å². The van der Waals surface area contributed by atoms with Crippen LogP contribution in [0, 0.1) is 22.7 Å². The molecule has 1 amide bonds. The van der Waals surface area contributed by atoms with E-state index < -0.39 is 5.38 Å². The van der Waals surface area contributed by atoms with Crippen molar-refractivity contribution < 1.29 is 4.79 Å². The lowest BCUT2D eigenvalue weighted by molar-refractivity contribution is -0.115. The summed E-state index contributed by atoms with van der Waals surface area (Å²) in [6.45, 7) is 8.42. The highest BCUT2D eigenvalue weighted by Gasteiger charge is 2.32. The maximum absolute atomic E-state index is 11.8. The Morgan fingerprint density at radius 1 is 1.52 bits per heavy atom. The zero-order chi connectivity index (χ0) is 15.8. The van der Waals surface area contributed by atoms with Crippen LogP contribution in [0.2, 0.25) is 0 Å². The lowest BCUT2D eigenvalue weighted by Crippen LogP contribution is -2.26. The van der Waals surface area contributed by atoms with Crippen LogP contribution in [0.1, 0.15) is 50.1 Å². The Hall–Kier alpha value is -1.05. The number of nitrogens with one attached hydrogen (secondary N) is 1. The Balaban J connectivity index is 2.30. The van der Waals surface area contributed by atoms with Crippen molar-refractivity contribution in [3.8, 4) is 6.07 Å². The SMILES string of the molecule is C[C@@H](Cl)C(=O)Nc1sc2c(c1C#N)CC[C@H](C(C)(C)C)C2. The summed E-state index contributed by atoms with van der Waals surface area (Å²) in [5.41, 5.74) is 2.02. The summed E-state index contributed by atoms with van der Waals surface area (Å²) in [5, 5.41) is 12.3. The first-order valence-corrected chi connectivity index (χ1v) is 8.49. The number of nitriles is 1. The van der Waals surface area contributed by atoms with Gasteiger partial charge in [-0.25, -0.2) is 0 Å². The smallest absolute Gasteiger partial charge is 0.242 e. The number of thiophene rings is 1. The number of rotatable bonds is 2. The molecular weight excluding hydrogens is 304 g/mol. The number of hydrogen-bond acceptors (Lipinski definition) is 3. The van der Waals surface area contributed by atoms with E-state index in [1.165, 1.54) is 16.2 Å². The van der Waals surface area contributed by atoms with E-state index in [9.17, 15) is 10.1 Å². The van der Waals surface area contributed by atoms with Crippen molar-refractivity contribution >= 4 is 33.8 Å². The number of carbonyl (C=O) groups is 1. The van der Waals surface area contributed by atoms with E-state index in [1.54, 1.807) is 6.92 Å². The van der Waals surface area contributed by atoms with Crippen molar-refractivity contribution in [1.29, 1.82) is 5.26 Å². The number of hydrogen-bond donors (Lipinski definition) is 1. The van der Waals surface area contributed by atoms with Crippen LogP contribution in [0.4, 0.5) is 5.00 Å². The van der Waals surface area contributed by atoms with Gasteiger partial charge in [0, 0.05) is 4.88 Å². The van der Waals surface area contributed by atoms with E-state index in [4.69, 9.17) is 11.6 Å². The Kier molecular flexibility index (Phi) is 4.65. The van der Waals surface area contributed by atoms with E-state index in [-0.39, 0.29) is 11.3 Å². The van der Waals surface area contributed by atoms with Crippen LogP contribution in [0.3, 0.4) is 0 Å². The fraction of sp³-hybridized carbons (Fsp3) is 0.625. The molecule has 1 aliphatic rings. The first-order chi connectivity index (χ1) is 9.74. The highest BCUT2D eigenvalue weighted by molar-refractivity contribution is 7.16. The second-order valence-corrected chi connectivity index (χ2v) is 8.49. The predicted octanol–water partition coefficient (Wildman–Crippen LogP) is 4.34. The Bertz CT molecular complexity index is 593. The summed E-state index contributed by atoms with van der Waals surface area (Å²) < 4.78 is 0. The quantitative estimate of drug-likeness (QED) is 0.823. The number of anilines is 1. The highest BCUT2D eigenvalue weighted by Crippen LogP contribution is 2.43. The standard InChI is InChI=1S/C16H21ClN2OS/c1-9(17)14(20)19-15-12(8-18)11-6-5-10(16(2,3)4)7-13(11)21-15/h9-10H,5-7H2,1-4H3,(H,19,20)/t9-,10+/m1/s1. The largest absolute Gasteiger partial charge is 0.315 e. The molecule has 21 heavy (non-hydrogen) atoms. The van der Waals surface area contributed by atoms with Crippen molar-refractivity contribution in [2.24, 2.45) is 11.3 Å². The molecule has 114 valence electrons. The molecule has 0 saturated carbocycles. The molecule has 0 saturated heterocycles. The van der Waals surface area contributed by atoms with Gasteiger partial charge in [0.1, 0.15) is 16.4 Å². The molecule has 5 heteroatoms. The summed E-state index contributed by atoms with van der Waals surface area (Å²) in [6, 6.07) is 2.25. The number of fused-ring (bicyclic) bond motifs is 1. The molecule has 0 fully saturated rings. The van der Waals surface area contributed by atoms with Gasteiger partial charge in [0.2, 0.25) is 5.91 Å². The van der Waals surface area contributed by atoms with Gasteiger partial charge in [-0.05, 0) is 43.1 Å². The molecule has 0 radical (unpaired) electrons. The third-order valence-corrected chi connectivity index (χ3v) is 5.57. The molecule has 1 N–H and O–H groups in total. The second-order valence-electron chi connectivity index (χ2n) is 6.73. The van der Waals surface area contributed by atoms with Crippen LogP contribution in [-0.2, 0) is 17.6 Å². The molecule has 0 bridgehead atoms. The van der Waals surface area contributed by atoms with Gasteiger partial charge in [0.25, 0.3) is 0 Å². The van der Waals surface area contributed by atoms with Crippen LogP contribution in [0.25, 0.3) is 0 Å². The monoisotopic (exact) mass is 324 g/mol. The Morgan fingerprint density at radius 2 is 2.19 bits per heavy atom. The minimum absolute atomic E-state index is 0.251. The summed E-state index contributed by atoms with van der Waals surface area (Å²) in [4.78, 5) is 13.0. The third kappa shape index (κ3) is 3.41. The minimum Gasteiger partial charge on any atom is -0.315 e. The maximum Gasteiger partial charge on any atom is 0.242 e. The van der Waals surface area contributed by atoms with E-state index >= 15 is 0 Å². The van der Waals surface area contributed by atoms with E-state index in [1.807, 2.05) is 0 Å². The molecule has 2 atom stereocenters. The number of carbonyl (C=O) groups excluding carboxylic acids is 1. The highest BCUT2D eigenvalue weighted by atomic mass is 35.5. The Labute approximate surface area is 135 Å². The topological polar surface area (TPSA) is 52.9 Å². The third-order valence-electron chi connectivity index (χ3n) is 4.20. The number of alkyl halides is 1. The molecule has 1 aromatic rings. The van der Waals surface area contributed by atoms with Gasteiger partial charge < -0.3 is 5.32 Å². The molecule has 0 spiro atoms. The lowest BCUT2D eigenvalue weighted by Gasteiger charge is -2.33. The van der Waals surface area contributed by atoms with Crippen LogP contribution >= 0.6 is 22.9 Å². The maximum atomic E-state index is 11.8. The fourth-order valence-corrected chi connectivity index (χ4v) is 4.08. The zero-order valence-electron chi connectivity index (χ0n) is 12.9. The minimum atomic E-state index is -0.599. The van der Waals surface area contributed by atoms with Crippen molar-refractivity contribution in [3.63, 3.8) is 0 Å². The Morgan fingerprint density at radius 3 is 2.71 bits per heavy atom. The van der Waals surface area contributed by atoms with Gasteiger partial charge in [-0.3, -0.25) is 4.79 Å². The van der Waals surface area contributed by atoms with E-state index in [0.717, 1.165) is 24.8 Å². The van der Waals surface area contributed by atoms with Crippen molar-refractivity contribution in [1.82, 2.24) is 0 Å². The predicted molar refractivity (Wildman–Crippen MR) is 87.9 cm³/mol. The average Bonchev–Trinajstić information content (AvgIpc) is 2.73. The van der Waals surface area contributed by atoms with Gasteiger partial charge in [0.15, 0.2) is 0 Å². The van der Waals surface area contributed by atoms with Gasteiger partial charge >= 0.3 is 0 Å². The number of halogens is 1. The lowest BCUT2D eigenvalue weighted by atomic mass is 9.72. The fourth-order valence-electron chi connectivity index (χ4n) is 2.74. The van der Waals surface area contributed by atoms with Crippen LogP contribution in [-0.4, -0.2) is 11.3 Å². The van der Waals surface area contributed by atoms with Gasteiger partial charge in [-0.2, -0.15) is 5.26 Å². The summed E-state index contributed by atoms with van der Waals surface area (Å²) in [6.07, 6.45) is 3.01. The number of nitrogens with zero attached hydrogens (tertiary/aromatic N) is 1. The normalized spacial score (nSPS) is 19.5.